The summed E-state index contributed by atoms with van der Waals surface area (Å²) in [6, 6.07) is 18.7. The third-order valence-electron chi connectivity index (χ3n) is 7.93. The van der Waals surface area contributed by atoms with Crippen LogP contribution in [0.2, 0.25) is 0 Å². The van der Waals surface area contributed by atoms with Gasteiger partial charge in [-0.15, -0.1) is 0 Å². The summed E-state index contributed by atoms with van der Waals surface area (Å²) in [5, 5.41) is 5.02. The second-order valence-electron chi connectivity index (χ2n) is 10.8. The first-order valence-electron chi connectivity index (χ1n) is 15.0. The van der Waals surface area contributed by atoms with Crippen LogP contribution in [0.1, 0.15) is 80.1 Å². The Bertz CT molecular complexity index is 1160. The molecule has 6 nitrogen and oxygen atoms in total. The summed E-state index contributed by atoms with van der Waals surface area (Å²) in [7, 11) is 0. The fourth-order valence-electron chi connectivity index (χ4n) is 5.55. The average molecular weight is 530 g/mol. The van der Waals surface area contributed by atoms with Crippen molar-refractivity contribution in [2.75, 3.05) is 44.2 Å². The number of carbonyl (C=O) groups is 1. The Hall–Kier alpha value is -3.12. The SMILES string of the molecule is CCCCCCc1ccc(C(=O)N(CCC)Cc2c(C)nn(-c3ccccc3)c2N2CCN(CC)CC2)cc1. The summed E-state index contributed by atoms with van der Waals surface area (Å²) in [4.78, 5) is 20.8. The zero-order valence-corrected chi connectivity index (χ0v) is 24.5. The highest BCUT2D eigenvalue weighted by molar-refractivity contribution is 5.94. The molecule has 0 aliphatic carbocycles. The molecule has 39 heavy (non-hydrogen) atoms. The topological polar surface area (TPSA) is 44.6 Å². The third kappa shape index (κ3) is 7.30. The smallest absolute Gasteiger partial charge is 0.254 e. The average Bonchev–Trinajstić information content (AvgIpc) is 3.31. The standard InChI is InChI=1S/C33H47N5O/c1-5-8-9-11-14-28-17-19-29(20-18-28)33(39)37(21-6-2)26-31-27(4)34-38(30-15-12-10-13-16-30)32(31)36-24-22-35(7-3)23-25-36/h10,12-13,15-20H,5-9,11,14,21-26H2,1-4H3. The lowest BCUT2D eigenvalue weighted by atomic mass is 10.0. The molecule has 6 heteroatoms. The van der Waals surface area contributed by atoms with Crippen molar-refractivity contribution < 1.29 is 4.79 Å². The Kier molecular flexibility index (Phi) is 10.6. The van der Waals surface area contributed by atoms with Crippen LogP contribution in [0.25, 0.3) is 5.69 Å². The van der Waals surface area contributed by atoms with Crippen LogP contribution in [0, 0.1) is 6.92 Å². The lowest BCUT2D eigenvalue weighted by molar-refractivity contribution is 0.0743. The van der Waals surface area contributed by atoms with Crippen molar-refractivity contribution in [1.82, 2.24) is 19.6 Å². The van der Waals surface area contributed by atoms with E-state index in [1.54, 1.807) is 0 Å². The minimum absolute atomic E-state index is 0.1000. The maximum Gasteiger partial charge on any atom is 0.254 e. The van der Waals surface area contributed by atoms with E-state index in [0.29, 0.717) is 6.54 Å². The van der Waals surface area contributed by atoms with Gasteiger partial charge in [-0.3, -0.25) is 4.79 Å². The molecule has 0 spiro atoms. The molecule has 0 radical (unpaired) electrons. The Morgan fingerprint density at radius 2 is 1.59 bits per heavy atom. The van der Waals surface area contributed by atoms with Gasteiger partial charge in [0.15, 0.2) is 0 Å². The molecule has 2 aromatic carbocycles. The quantitative estimate of drug-likeness (QED) is 0.237. The minimum Gasteiger partial charge on any atom is -0.354 e. The van der Waals surface area contributed by atoms with E-state index in [0.717, 1.165) is 80.4 Å². The molecule has 210 valence electrons. The predicted molar refractivity (Wildman–Crippen MR) is 162 cm³/mol. The van der Waals surface area contributed by atoms with Crippen LogP contribution < -0.4 is 4.90 Å². The number of nitrogens with zero attached hydrogens (tertiary/aromatic N) is 5. The number of anilines is 1. The molecule has 0 unspecified atom stereocenters. The van der Waals surface area contributed by atoms with E-state index in [-0.39, 0.29) is 5.91 Å². The Labute approximate surface area is 235 Å². The van der Waals surface area contributed by atoms with Gasteiger partial charge in [0, 0.05) is 43.9 Å². The first-order chi connectivity index (χ1) is 19.0. The highest BCUT2D eigenvalue weighted by Crippen LogP contribution is 2.30. The molecule has 3 aromatic rings. The molecular formula is C33H47N5O. The number of aromatic nitrogens is 2. The number of piperazine rings is 1. The van der Waals surface area contributed by atoms with Crippen molar-refractivity contribution in [2.45, 2.75) is 72.8 Å². The van der Waals surface area contributed by atoms with Crippen molar-refractivity contribution in [3.8, 4) is 5.69 Å². The van der Waals surface area contributed by atoms with Gasteiger partial charge < -0.3 is 14.7 Å². The van der Waals surface area contributed by atoms with E-state index in [1.807, 2.05) is 23.1 Å². The number of hydrogen-bond donors (Lipinski definition) is 0. The summed E-state index contributed by atoms with van der Waals surface area (Å²) in [5.74, 6) is 1.23. The molecular weight excluding hydrogens is 482 g/mol. The van der Waals surface area contributed by atoms with Crippen molar-refractivity contribution in [3.63, 3.8) is 0 Å². The first-order valence-corrected chi connectivity index (χ1v) is 15.0. The van der Waals surface area contributed by atoms with Gasteiger partial charge in [-0.25, -0.2) is 4.68 Å². The molecule has 1 saturated heterocycles. The van der Waals surface area contributed by atoms with Gasteiger partial charge in [0.05, 0.1) is 17.9 Å². The van der Waals surface area contributed by atoms with Crippen LogP contribution in [-0.2, 0) is 13.0 Å². The zero-order chi connectivity index (χ0) is 27.6. The third-order valence-corrected chi connectivity index (χ3v) is 7.93. The van der Waals surface area contributed by atoms with Gasteiger partial charge >= 0.3 is 0 Å². The number of hydrogen-bond acceptors (Lipinski definition) is 4. The van der Waals surface area contributed by atoms with E-state index in [1.165, 1.54) is 31.2 Å². The van der Waals surface area contributed by atoms with Crippen LogP contribution in [0.15, 0.2) is 54.6 Å². The highest BCUT2D eigenvalue weighted by atomic mass is 16.2. The monoisotopic (exact) mass is 529 g/mol. The van der Waals surface area contributed by atoms with Crippen LogP contribution >= 0.6 is 0 Å². The normalized spacial score (nSPS) is 14.1. The van der Waals surface area contributed by atoms with Crippen molar-refractivity contribution >= 4 is 11.7 Å². The molecule has 0 atom stereocenters. The molecule has 0 saturated carbocycles. The van der Waals surface area contributed by atoms with Gasteiger partial charge in [-0.1, -0.05) is 70.4 Å². The second kappa shape index (κ2) is 14.3. The van der Waals surface area contributed by atoms with Gasteiger partial charge in [-0.2, -0.15) is 5.10 Å². The number of para-hydroxylation sites is 1. The number of unbranched alkanes of at least 4 members (excludes halogenated alkanes) is 3. The first kappa shape index (κ1) is 28.9. The number of rotatable bonds is 13. The summed E-state index contributed by atoms with van der Waals surface area (Å²) in [6.45, 7) is 15.1. The molecule has 1 aromatic heterocycles. The summed E-state index contributed by atoms with van der Waals surface area (Å²) >= 11 is 0. The fourth-order valence-corrected chi connectivity index (χ4v) is 5.55. The van der Waals surface area contributed by atoms with Crippen LogP contribution in [0.5, 0.6) is 0 Å². The maximum absolute atomic E-state index is 13.8. The van der Waals surface area contributed by atoms with E-state index in [4.69, 9.17) is 5.10 Å². The number of amides is 1. The van der Waals surface area contributed by atoms with E-state index >= 15 is 0 Å². The summed E-state index contributed by atoms with van der Waals surface area (Å²) < 4.78 is 2.09. The highest BCUT2D eigenvalue weighted by Gasteiger charge is 2.27. The molecule has 1 aliphatic rings. The van der Waals surface area contributed by atoms with Gasteiger partial charge in [0.25, 0.3) is 5.91 Å². The fraction of sp³-hybridized carbons (Fsp3) is 0.515. The molecule has 1 fully saturated rings. The molecule has 1 aliphatic heterocycles. The van der Waals surface area contributed by atoms with Crippen LogP contribution in [-0.4, -0.2) is 64.8 Å². The molecule has 1 amide bonds. The van der Waals surface area contributed by atoms with Crippen LogP contribution in [0.4, 0.5) is 5.82 Å². The Balaban J connectivity index is 1.59. The number of likely N-dealkylation sites (N-methyl/N-ethyl adjacent to an activating group) is 1. The van der Waals surface area contributed by atoms with Gasteiger partial charge in [0.2, 0.25) is 0 Å². The predicted octanol–water partition coefficient (Wildman–Crippen LogP) is 6.50. The second-order valence-corrected chi connectivity index (χ2v) is 10.8. The summed E-state index contributed by atoms with van der Waals surface area (Å²) in [6.07, 6.45) is 7.02. The maximum atomic E-state index is 13.8. The molecule has 4 rings (SSSR count). The molecule has 2 heterocycles. The number of carbonyl (C=O) groups excluding carboxylic acids is 1. The molecule has 0 N–H and O–H groups in total. The number of benzene rings is 2. The lowest BCUT2D eigenvalue weighted by Gasteiger charge is -2.36. The van der Waals surface area contributed by atoms with Crippen molar-refractivity contribution in [3.05, 3.63) is 77.0 Å². The van der Waals surface area contributed by atoms with Crippen molar-refractivity contribution in [2.24, 2.45) is 0 Å². The Morgan fingerprint density at radius 3 is 2.23 bits per heavy atom. The van der Waals surface area contributed by atoms with E-state index in [2.05, 4.69) is 78.6 Å². The molecule has 0 bridgehead atoms. The lowest BCUT2D eigenvalue weighted by Crippen LogP contribution is -2.47. The van der Waals surface area contributed by atoms with E-state index < -0.39 is 0 Å². The van der Waals surface area contributed by atoms with Crippen molar-refractivity contribution in [1.29, 1.82) is 0 Å². The van der Waals surface area contributed by atoms with Gasteiger partial charge in [0.1, 0.15) is 5.82 Å². The number of aryl methyl sites for hydroxylation is 2. The Morgan fingerprint density at radius 1 is 0.872 bits per heavy atom. The largest absolute Gasteiger partial charge is 0.354 e. The van der Waals surface area contributed by atoms with Gasteiger partial charge in [-0.05, 0) is 62.6 Å². The zero-order valence-electron chi connectivity index (χ0n) is 24.5. The minimum atomic E-state index is 0.1000. The van der Waals surface area contributed by atoms with E-state index in [9.17, 15) is 4.79 Å². The summed E-state index contributed by atoms with van der Waals surface area (Å²) in [5.41, 5.74) is 5.29. The van der Waals surface area contributed by atoms with Crippen LogP contribution in [0.3, 0.4) is 0 Å².